The van der Waals surface area contributed by atoms with Crippen molar-refractivity contribution in [3.05, 3.63) is 249 Å². The van der Waals surface area contributed by atoms with Crippen LogP contribution in [0.25, 0.3) is 132 Å². The molecule has 13 rings (SSSR count). The van der Waals surface area contributed by atoms with Crippen LogP contribution in [-0.2, 0) is 0 Å². The highest BCUT2D eigenvalue weighted by molar-refractivity contribution is 7.25. The predicted octanol–water partition coefficient (Wildman–Crippen LogP) is 17.9. The van der Waals surface area contributed by atoms with Crippen LogP contribution in [0.1, 0.15) is 0 Å². The van der Waals surface area contributed by atoms with Crippen LogP contribution in [0.15, 0.2) is 249 Å². The first-order chi connectivity index (χ1) is 34.2. The molecule has 69 heavy (non-hydrogen) atoms. The van der Waals surface area contributed by atoms with E-state index >= 15 is 0 Å². The van der Waals surface area contributed by atoms with Gasteiger partial charge >= 0.3 is 0 Å². The number of thiophene rings is 1. The summed E-state index contributed by atoms with van der Waals surface area (Å²) < 4.78 is 2.64. The Bertz CT molecular complexity index is 4050. The van der Waals surface area contributed by atoms with Gasteiger partial charge < -0.3 is 0 Å². The summed E-state index contributed by atoms with van der Waals surface area (Å²) in [6.45, 7) is 0. The van der Waals surface area contributed by atoms with Gasteiger partial charge in [-0.15, -0.1) is 11.3 Å². The second-order valence-corrected chi connectivity index (χ2v) is 18.5. The molecule has 0 aliphatic carbocycles. The van der Waals surface area contributed by atoms with E-state index in [9.17, 15) is 0 Å². The van der Waals surface area contributed by atoms with E-state index in [1.807, 2.05) is 23.5 Å². The molecule has 3 nitrogen and oxygen atoms in total. The lowest BCUT2D eigenvalue weighted by atomic mass is 9.88. The maximum atomic E-state index is 5.20. The molecule has 0 unspecified atom stereocenters. The normalized spacial score (nSPS) is 11.5. The average molecular weight is 896 g/mol. The Hall–Kier alpha value is -8.83. The maximum Gasteiger partial charge on any atom is 0.164 e. The quantitative estimate of drug-likeness (QED) is 0.153. The third kappa shape index (κ3) is 7.35. The molecule has 0 saturated carbocycles. The Balaban J connectivity index is 0.882. The van der Waals surface area contributed by atoms with Gasteiger partial charge in [0.05, 0.1) is 0 Å². The summed E-state index contributed by atoms with van der Waals surface area (Å²) in [5.74, 6) is 1.88. The summed E-state index contributed by atoms with van der Waals surface area (Å²) in [6, 6.07) is 88.9. The summed E-state index contributed by atoms with van der Waals surface area (Å²) in [5, 5.41) is 7.53. The molecule has 0 radical (unpaired) electrons. The van der Waals surface area contributed by atoms with Crippen molar-refractivity contribution in [3.63, 3.8) is 0 Å². The fraction of sp³-hybridized carbons (Fsp3) is 0. The lowest BCUT2D eigenvalue weighted by Crippen LogP contribution is -2.01. The largest absolute Gasteiger partial charge is 0.208 e. The predicted molar refractivity (Wildman–Crippen MR) is 291 cm³/mol. The van der Waals surface area contributed by atoms with Crippen molar-refractivity contribution in [1.29, 1.82) is 0 Å². The standard InChI is InChI=1S/C65H41N3S/c1-3-15-42(16-4-1)43-27-31-46(32-28-43)63-66-64(68-65(67-63)59-25-12-7-19-49(59)44-17-5-2-6-18-44)47-33-29-45(30-34-47)50-36-38-56(54-22-10-8-20-52(50)54)57-39-37-51(53-21-9-11-23-55(53)57)48-35-40-62-60(41-48)58-24-13-14-26-61(58)69-62/h1-41H. The van der Waals surface area contributed by atoms with Gasteiger partial charge in [-0.2, -0.15) is 0 Å². The van der Waals surface area contributed by atoms with E-state index in [1.54, 1.807) is 0 Å². The van der Waals surface area contributed by atoms with E-state index in [2.05, 4.69) is 237 Å². The fourth-order valence-electron chi connectivity index (χ4n) is 10.0. The summed E-state index contributed by atoms with van der Waals surface area (Å²) in [7, 11) is 0. The molecular weight excluding hydrogens is 855 g/mol. The Morgan fingerprint density at radius 1 is 0.203 bits per heavy atom. The fourth-order valence-corrected chi connectivity index (χ4v) is 11.1. The van der Waals surface area contributed by atoms with Crippen molar-refractivity contribution in [2.24, 2.45) is 0 Å². The maximum absolute atomic E-state index is 5.20. The summed E-state index contributed by atoms with van der Waals surface area (Å²) in [4.78, 5) is 15.5. The average Bonchev–Trinajstić information content (AvgIpc) is 3.81. The topological polar surface area (TPSA) is 38.7 Å². The molecule has 11 aromatic carbocycles. The highest BCUT2D eigenvalue weighted by atomic mass is 32.1. The van der Waals surface area contributed by atoms with Crippen LogP contribution in [-0.4, -0.2) is 15.0 Å². The Morgan fingerprint density at radius 3 is 1.19 bits per heavy atom. The lowest BCUT2D eigenvalue weighted by Gasteiger charge is -2.16. The van der Waals surface area contributed by atoms with Gasteiger partial charge in [-0.1, -0.05) is 231 Å². The van der Waals surface area contributed by atoms with Gasteiger partial charge in [-0.05, 0) is 95.4 Å². The first kappa shape index (κ1) is 40.4. The monoisotopic (exact) mass is 895 g/mol. The minimum atomic E-state index is 0.621. The van der Waals surface area contributed by atoms with Crippen LogP contribution in [0.5, 0.6) is 0 Å². The smallest absolute Gasteiger partial charge is 0.164 e. The first-order valence-electron chi connectivity index (χ1n) is 23.3. The molecule has 0 amide bonds. The van der Waals surface area contributed by atoms with E-state index in [1.165, 1.54) is 75.1 Å². The molecule has 0 spiro atoms. The van der Waals surface area contributed by atoms with Gasteiger partial charge in [0, 0.05) is 36.9 Å². The van der Waals surface area contributed by atoms with Crippen LogP contribution < -0.4 is 0 Å². The van der Waals surface area contributed by atoms with Gasteiger partial charge in [-0.3, -0.25) is 0 Å². The van der Waals surface area contributed by atoms with E-state index in [4.69, 9.17) is 15.0 Å². The van der Waals surface area contributed by atoms with Gasteiger partial charge in [0.1, 0.15) is 0 Å². The zero-order chi connectivity index (χ0) is 45.7. The van der Waals surface area contributed by atoms with Crippen molar-refractivity contribution in [3.8, 4) is 89.8 Å². The molecule has 0 aliphatic rings. The molecule has 322 valence electrons. The van der Waals surface area contributed by atoms with E-state index in [0.717, 1.165) is 38.9 Å². The Kier molecular flexibility index (Phi) is 10.0. The number of aromatic nitrogens is 3. The lowest BCUT2D eigenvalue weighted by molar-refractivity contribution is 1.07. The van der Waals surface area contributed by atoms with E-state index in [0.29, 0.717) is 17.5 Å². The van der Waals surface area contributed by atoms with Crippen molar-refractivity contribution in [2.75, 3.05) is 0 Å². The van der Waals surface area contributed by atoms with Crippen LogP contribution in [0.3, 0.4) is 0 Å². The third-order valence-corrected chi connectivity index (χ3v) is 14.6. The summed E-state index contributed by atoms with van der Waals surface area (Å²) >= 11 is 1.86. The summed E-state index contributed by atoms with van der Waals surface area (Å²) in [5.41, 5.74) is 14.5. The Morgan fingerprint density at radius 2 is 0.580 bits per heavy atom. The number of hydrogen-bond donors (Lipinski definition) is 0. The zero-order valence-corrected chi connectivity index (χ0v) is 38.2. The number of nitrogens with zero attached hydrogens (tertiary/aromatic N) is 3. The molecule has 13 aromatic rings. The van der Waals surface area contributed by atoms with Crippen LogP contribution >= 0.6 is 11.3 Å². The number of fused-ring (bicyclic) bond motifs is 5. The zero-order valence-electron chi connectivity index (χ0n) is 37.4. The second kappa shape index (κ2) is 17.1. The van der Waals surface area contributed by atoms with E-state index in [-0.39, 0.29) is 0 Å². The third-order valence-electron chi connectivity index (χ3n) is 13.4. The van der Waals surface area contributed by atoms with Gasteiger partial charge in [-0.25, -0.2) is 15.0 Å². The number of hydrogen-bond acceptors (Lipinski definition) is 4. The number of rotatable bonds is 8. The molecule has 0 N–H and O–H groups in total. The second-order valence-electron chi connectivity index (χ2n) is 17.5. The van der Waals surface area contributed by atoms with Gasteiger partial charge in [0.2, 0.25) is 0 Å². The van der Waals surface area contributed by atoms with Gasteiger partial charge in [0.15, 0.2) is 17.5 Å². The molecule has 4 heteroatoms. The van der Waals surface area contributed by atoms with Crippen LogP contribution in [0.2, 0.25) is 0 Å². The van der Waals surface area contributed by atoms with Crippen molar-refractivity contribution in [2.45, 2.75) is 0 Å². The van der Waals surface area contributed by atoms with Crippen molar-refractivity contribution in [1.82, 2.24) is 15.0 Å². The Labute approximate surface area is 404 Å². The first-order valence-corrected chi connectivity index (χ1v) is 24.1. The molecule has 0 saturated heterocycles. The SMILES string of the molecule is c1ccc(-c2ccc(-c3nc(-c4ccc(-c5ccc(-c6ccc(-c7ccc8sc9ccccc9c8c7)c7ccccc67)c6ccccc56)cc4)nc(-c4ccccc4-c4ccccc4)n3)cc2)cc1. The minimum Gasteiger partial charge on any atom is -0.208 e. The van der Waals surface area contributed by atoms with Gasteiger partial charge in [0.25, 0.3) is 0 Å². The molecule has 2 heterocycles. The van der Waals surface area contributed by atoms with Crippen LogP contribution in [0.4, 0.5) is 0 Å². The molecule has 0 aliphatic heterocycles. The van der Waals surface area contributed by atoms with Crippen molar-refractivity contribution < 1.29 is 0 Å². The minimum absolute atomic E-state index is 0.621. The molecule has 0 bridgehead atoms. The summed E-state index contributed by atoms with van der Waals surface area (Å²) in [6.07, 6.45) is 0. The highest BCUT2D eigenvalue weighted by Crippen LogP contribution is 2.43. The number of benzene rings is 11. The molecule has 2 aromatic heterocycles. The van der Waals surface area contributed by atoms with E-state index < -0.39 is 0 Å². The van der Waals surface area contributed by atoms with Crippen LogP contribution in [0, 0.1) is 0 Å². The van der Waals surface area contributed by atoms with Crippen molar-refractivity contribution >= 4 is 53.1 Å². The molecule has 0 atom stereocenters. The molecular formula is C65H41N3S. The molecule has 0 fully saturated rings. The highest BCUT2D eigenvalue weighted by Gasteiger charge is 2.18.